The number of likely N-dealkylation sites (N-methyl/N-ethyl adjacent to an activating group) is 2. The monoisotopic (exact) mass is 488 g/mol. The van der Waals surface area contributed by atoms with Crippen LogP contribution in [0.3, 0.4) is 0 Å². The molecule has 2 N–H and O–H groups in total. The van der Waals surface area contributed by atoms with Crippen molar-refractivity contribution in [2.24, 2.45) is 34.5 Å². The first-order valence-electron chi connectivity index (χ1n) is 15.7. The van der Waals surface area contributed by atoms with Crippen molar-refractivity contribution < 1.29 is 19.2 Å². The first kappa shape index (κ1) is 25.1. The molecule has 4 nitrogen and oxygen atoms in total. The van der Waals surface area contributed by atoms with Gasteiger partial charge in [0.05, 0.1) is 40.3 Å². The largest absolute Gasteiger partial charge is 0.387 e. The summed E-state index contributed by atoms with van der Waals surface area (Å²) in [5, 5.41) is 23.3. The molecule has 0 bridgehead atoms. The van der Waals surface area contributed by atoms with Gasteiger partial charge in [-0.25, -0.2) is 0 Å². The van der Waals surface area contributed by atoms with Crippen molar-refractivity contribution >= 4 is 0 Å². The topological polar surface area (TPSA) is 40.5 Å². The van der Waals surface area contributed by atoms with Gasteiger partial charge in [0.1, 0.15) is 24.3 Å². The molecule has 2 saturated heterocycles. The average molecular weight is 489 g/mol. The molecule has 4 saturated carbocycles. The molecule has 0 radical (unpaired) electrons. The van der Waals surface area contributed by atoms with E-state index in [2.05, 4.69) is 27.9 Å². The molecule has 200 valence electrons. The zero-order chi connectivity index (χ0) is 24.6. The third-order valence-electron chi connectivity index (χ3n) is 13.9. The van der Waals surface area contributed by atoms with E-state index < -0.39 is 0 Å². The molecule has 4 aliphatic carbocycles. The second kappa shape index (κ2) is 8.68. The van der Waals surface area contributed by atoms with E-state index in [1.165, 1.54) is 103 Å². The minimum Gasteiger partial charge on any atom is -0.387 e. The Morgan fingerprint density at radius 3 is 1.89 bits per heavy atom. The van der Waals surface area contributed by atoms with Crippen molar-refractivity contribution in [1.82, 2.24) is 0 Å². The van der Waals surface area contributed by atoms with Gasteiger partial charge in [-0.1, -0.05) is 13.8 Å². The number of hydrogen-bond acceptors (Lipinski definition) is 2. The van der Waals surface area contributed by atoms with Gasteiger partial charge in [0, 0.05) is 18.3 Å². The number of aliphatic hydroxyl groups is 2. The number of nitrogens with zero attached hydrogens (tertiary/aromatic N) is 2. The molecule has 0 aromatic heterocycles. The van der Waals surface area contributed by atoms with Gasteiger partial charge in [0.15, 0.2) is 0 Å². The van der Waals surface area contributed by atoms with E-state index in [0.29, 0.717) is 29.3 Å². The van der Waals surface area contributed by atoms with Crippen LogP contribution < -0.4 is 0 Å². The van der Waals surface area contributed by atoms with E-state index in [0.717, 1.165) is 27.2 Å². The summed E-state index contributed by atoms with van der Waals surface area (Å²) >= 11 is 0. The first-order chi connectivity index (χ1) is 16.6. The molecular weight excluding hydrogens is 432 g/mol. The van der Waals surface area contributed by atoms with Crippen molar-refractivity contribution in [3.63, 3.8) is 0 Å². The lowest BCUT2D eigenvalue weighted by molar-refractivity contribution is -0.943. The van der Waals surface area contributed by atoms with Crippen LogP contribution in [0.2, 0.25) is 0 Å². The molecule has 6 aliphatic rings. The molecule has 0 aromatic rings. The molecule has 0 amide bonds. The number of hydrogen-bond donors (Lipinski definition) is 2. The molecule has 2 aliphatic heterocycles. The van der Waals surface area contributed by atoms with E-state index in [1.807, 2.05) is 0 Å². The Morgan fingerprint density at radius 2 is 1.26 bits per heavy atom. The van der Waals surface area contributed by atoms with Gasteiger partial charge in [-0.15, -0.1) is 0 Å². The van der Waals surface area contributed by atoms with Crippen LogP contribution in [0.5, 0.6) is 0 Å². The number of piperidine rings is 2. The van der Waals surface area contributed by atoms with Crippen LogP contribution in [0.15, 0.2) is 0 Å². The summed E-state index contributed by atoms with van der Waals surface area (Å²) in [7, 11) is 4.94. The highest BCUT2D eigenvalue weighted by atomic mass is 16.3. The minimum absolute atomic E-state index is 0.109. The lowest BCUT2D eigenvalue weighted by Gasteiger charge is -2.63. The van der Waals surface area contributed by atoms with Crippen LogP contribution in [0.25, 0.3) is 0 Å². The highest BCUT2D eigenvalue weighted by Gasteiger charge is 2.66. The fraction of sp³-hybridized carbons (Fsp3) is 1.00. The van der Waals surface area contributed by atoms with Crippen molar-refractivity contribution in [3.05, 3.63) is 0 Å². The Morgan fingerprint density at radius 1 is 0.657 bits per heavy atom. The number of rotatable bonds is 2. The number of aliphatic hydroxyl groups excluding tert-OH is 2. The maximum absolute atomic E-state index is 11.9. The fourth-order valence-electron chi connectivity index (χ4n) is 11.6. The minimum atomic E-state index is -0.124. The number of quaternary nitrogens is 2. The summed E-state index contributed by atoms with van der Waals surface area (Å²) in [5.41, 5.74) is 0.492. The van der Waals surface area contributed by atoms with Gasteiger partial charge in [-0.05, 0) is 99.7 Å². The Kier molecular flexibility index (Phi) is 6.23. The SMILES string of the molecule is CC12CC([N+]3(C)CCCCC3)C(O)CC1CCC1C2CCC2(C)C(O)C([N+]3(C)CCCCC3)CC12. The molecule has 35 heavy (non-hydrogen) atoms. The predicted molar refractivity (Wildman–Crippen MR) is 142 cm³/mol. The molecular formula is C31H56N2O2+2. The van der Waals surface area contributed by atoms with Crippen molar-refractivity contribution in [1.29, 1.82) is 0 Å². The van der Waals surface area contributed by atoms with Crippen LogP contribution >= 0.6 is 0 Å². The van der Waals surface area contributed by atoms with Crippen molar-refractivity contribution in [3.8, 4) is 0 Å². The molecule has 10 unspecified atom stereocenters. The molecule has 4 heteroatoms. The van der Waals surface area contributed by atoms with Crippen LogP contribution in [-0.2, 0) is 0 Å². The first-order valence-corrected chi connectivity index (χ1v) is 15.7. The summed E-state index contributed by atoms with van der Waals surface area (Å²) in [6.07, 6.45) is 16.6. The summed E-state index contributed by atoms with van der Waals surface area (Å²) in [4.78, 5) is 0. The quantitative estimate of drug-likeness (QED) is 0.539. The van der Waals surface area contributed by atoms with Crippen LogP contribution in [0.4, 0.5) is 0 Å². The summed E-state index contributed by atoms with van der Waals surface area (Å²) in [5.74, 6) is 2.97. The number of fused-ring (bicyclic) bond motifs is 5. The molecule has 6 fully saturated rings. The van der Waals surface area contributed by atoms with Crippen LogP contribution in [0.1, 0.15) is 97.3 Å². The van der Waals surface area contributed by atoms with E-state index in [9.17, 15) is 10.2 Å². The second-order valence-corrected chi connectivity index (χ2v) is 15.5. The van der Waals surface area contributed by atoms with Crippen molar-refractivity contribution in [2.45, 2.75) is 122 Å². The van der Waals surface area contributed by atoms with Gasteiger partial charge >= 0.3 is 0 Å². The smallest absolute Gasteiger partial charge is 0.116 e. The van der Waals surface area contributed by atoms with Gasteiger partial charge in [0.25, 0.3) is 0 Å². The van der Waals surface area contributed by atoms with E-state index in [4.69, 9.17) is 0 Å². The van der Waals surface area contributed by atoms with Crippen LogP contribution in [0, 0.1) is 34.5 Å². The third kappa shape index (κ3) is 3.73. The number of likely N-dealkylation sites (tertiary alicyclic amines) is 2. The summed E-state index contributed by atoms with van der Waals surface area (Å²) in [6.45, 7) is 10.2. The molecule has 0 spiro atoms. The second-order valence-electron chi connectivity index (χ2n) is 15.5. The van der Waals surface area contributed by atoms with Crippen molar-refractivity contribution in [2.75, 3.05) is 40.3 Å². The van der Waals surface area contributed by atoms with E-state index in [-0.39, 0.29) is 17.6 Å². The Hall–Kier alpha value is -0.160. The lowest BCUT2D eigenvalue weighted by Crippen LogP contribution is -2.66. The zero-order valence-corrected chi connectivity index (χ0v) is 23.4. The molecule has 10 atom stereocenters. The standard InChI is InChI=1S/C31H56N2O2/c1-30-14-13-24-23(25(30)20-26(29(30)35)32(3)15-7-5-8-16-32)12-11-22-19-28(34)27(21-31(22,24)2)33(4)17-9-6-10-18-33/h22-29,34-35H,5-21H2,1-4H3/q+2. The van der Waals surface area contributed by atoms with E-state index >= 15 is 0 Å². The Bertz CT molecular complexity index is 789. The highest BCUT2D eigenvalue weighted by Crippen LogP contribution is 2.67. The summed E-state index contributed by atoms with van der Waals surface area (Å²) < 4.78 is 2.26. The third-order valence-corrected chi connectivity index (χ3v) is 13.9. The fourth-order valence-corrected chi connectivity index (χ4v) is 11.6. The molecule has 6 rings (SSSR count). The van der Waals surface area contributed by atoms with E-state index in [1.54, 1.807) is 0 Å². The highest BCUT2D eigenvalue weighted by molar-refractivity contribution is 5.12. The molecule has 2 heterocycles. The Balaban J connectivity index is 1.27. The lowest BCUT2D eigenvalue weighted by atomic mass is 9.44. The summed E-state index contributed by atoms with van der Waals surface area (Å²) in [6, 6.07) is 0.886. The normalized spacial score (nSPS) is 53.3. The van der Waals surface area contributed by atoms with Crippen LogP contribution in [-0.4, -0.2) is 83.7 Å². The Labute approximate surface area is 215 Å². The average Bonchev–Trinajstić information content (AvgIpc) is 3.12. The maximum atomic E-state index is 11.9. The maximum Gasteiger partial charge on any atom is 0.116 e. The van der Waals surface area contributed by atoms with Gasteiger partial charge in [0.2, 0.25) is 0 Å². The van der Waals surface area contributed by atoms with Gasteiger partial charge in [-0.2, -0.15) is 0 Å². The van der Waals surface area contributed by atoms with Gasteiger partial charge < -0.3 is 19.2 Å². The van der Waals surface area contributed by atoms with Gasteiger partial charge in [-0.3, -0.25) is 0 Å². The molecule has 0 aromatic carbocycles. The predicted octanol–water partition coefficient (Wildman–Crippen LogP) is 4.97. The zero-order valence-electron chi connectivity index (χ0n) is 23.4.